The molecule has 2 aromatic heterocycles. The molecule has 2 N–H and O–H groups in total. The van der Waals surface area contributed by atoms with Crippen molar-refractivity contribution in [2.24, 2.45) is 0 Å². The Labute approximate surface area is 156 Å². The van der Waals surface area contributed by atoms with Crippen LogP contribution in [0, 0.1) is 0 Å². The predicted octanol–water partition coefficient (Wildman–Crippen LogP) is 2.87. The molecule has 1 amide bonds. The summed E-state index contributed by atoms with van der Waals surface area (Å²) < 4.78 is 0.592. The quantitative estimate of drug-likeness (QED) is 0.657. The monoisotopic (exact) mass is 381 g/mol. The van der Waals surface area contributed by atoms with Gasteiger partial charge in [-0.05, 0) is 47.4 Å². The van der Waals surface area contributed by atoms with E-state index in [4.69, 9.17) is 5.11 Å². The van der Waals surface area contributed by atoms with Crippen LogP contribution >= 0.6 is 22.7 Å². The first-order valence-electron chi connectivity index (χ1n) is 8.16. The highest BCUT2D eigenvalue weighted by Gasteiger charge is 2.23. The standard InChI is InChI=1S/C18H24N2O3S2/c1-20(2,3)11-14(10-17(21)22)19-18(23)16-7-6-15(25-16)5-4-13-8-9-24-12-13/h6-9,12,14H,4-5,10-11H2,1-3H3,(H-,19,21,22,23)/p+1. The molecule has 5 nitrogen and oxygen atoms in total. The molecule has 0 radical (unpaired) electrons. The van der Waals surface area contributed by atoms with Crippen LogP contribution < -0.4 is 5.32 Å². The highest BCUT2D eigenvalue weighted by atomic mass is 32.1. The molecule has 0 aliphatic heterocycles. The van der Waals surface area contributed by atoms with Crippen LogP contribution in [0.2, 0.25) is 0 Å². The summed E-state index contributed by atoms with van der Waals surface area (Å²) in [5, 5.41) is 16.2. The summed E-state index contributed by atoms with van der Waals surface area (Å²) >= 11 is 3.17. The van der Waals surface area contributed by atoms with Gasteiger partial charge in [0.05, 0.1) is 45.0 Å². The van der Waals surface area contributed by atoms with Crippen LogP contribution in [-0.4, -0.2) is 55.2 Å². The summed E-state index contributed by atoms with van der Waals surface area (Å²) in [6.45, 7) is 0.564. The fourth-order valence-electron chi connectivity index (χ4n) is 2.63. The zero-order valence-electron chi connectivity index (χ0n) is 14.8. The molecule has 0 saturated carbocycles. The zero-order valence-corrected chi connectivity index (χ0v) is 16.5. The lowest BCUT2D eigenvalue weighted by Gasteiger charge is -2.29. The molecule has 1 unspecified atom stereocenters. The van der Waals surface area contributed by atoms with Crippen molar-refractivity contribution in [1.82, 2.24) is 5.32 Å². The number of likely N-dealkylation sites (N-methyl/N-ethyl adjacent to an activating group) is 1. The Balaban J connectivity index is 1.95. The van der Waals surface area contributed by atoms with Gasteiger partial charge in [-0.25, -0.2) is 0 Å². The molecule has 0 spiro atoms. The van der Waals surface area contributed by atoms with Crippen molar-refractivity contribution in [1.29, 1.82) is 0 Å². The fraction of sp³-hybridized carbons (Fsp3) is 0.444. The number of aryl methyl sites for hydroxylation is 2. The first kappa shape index (κ1) is 19.6. The Morgan fingerprint density at radius 2 is 1.96 bits per heavy atom. The molecule has 2 rings (SSSR count). The van der Waals surface area contributed by atoms with Gasteiger partial charge in [0.1, 0.15) is 0 Å². The third-order valence-electron chi connectivity index (χ3n) is 3.65. The first-order valence-corrected chi connectivity index (χ1v) is 9.92. The van der Waals surface area contributed by atoms with E-state index in [1.807, 2.05) is 33.3 Å². The van der Waals surface area contributed by atoms with E-state index in [-0.39, 0.29) is 18.4 Å². The smallest absolute Gasteiger partial charge is 0.305 e. The maximum atomic E-state index is 12.5. The Hall–Kier alpha value is -1.70. The van der Waals surface area contributed by atoms with Crippen LogP contribution in [0.5, 0.6) is 0 Å². The molecule has 0 saturated heterocycles. The minimum absolute atomic E-state index is 0.0718. The molecule has 7 heteroatoms. The topological polar surface area (TPSA) is 66.4 Å². The predicted molar refractivity (Wildman–Crippen MR) is 102 cm³/mol. The number of quaternary nitrogens is 1. The second-order valence-electron chi connectivity index (χ2n) is 7.14. The largest absolute Gasteiger partial charge is 0.481 e. The van der Waals surface area contributed by atoms with Gasteiger partial charge >= 0.3 is 5.97 Å². The Kier molecular flexibility index (Phi) is 6.75. The number of carboxylic acid groups (broad SMARTS) is 1. The summed E-state index contributed by atoms with van der Waals surface area (Å²) in [4.78, 5) is 25.3. The Morgan fingerprint density at radius 1 is 1.20 bits per heavy atom. The van der Waals surface area contributed by atoms with Crippen LogP contribution in [0.1, 0.15) is 26.5 Å². The van der Waals surface area contributed by atoms with Crippen LogP contribution in [0.25, 0.3) is 0 Å². The van der Waals surface area contributed by atoms with Crippen LogP contribution in [-0.2, 0) is 17.6 Å². The summed E-state index contributed by atoms with van der Waals surface area (Å²) in [5.41, 5.74) is 1.31. The van der Waals surface area contributed by atoms with Gasteiger partial charge in [-0.1, -0.05) is 0 Å². The van der Waals surface area contributed by atoms with E-state index in [0.29, 0.717) is 15.9 Å². The van der Waals surface area contributed by atoms with Gasteiger partial charge in [-0.15, -0.1) is 11.3 Å². The number of carbonyl (C=O) groups is 2. The normalized spacial score (nSPS) is 12.8. The van der Waals surface area contributed by atoms with Crippen molar-refractivity contribution >= 4 is 34.6 Å². The summed E-state index contributed by atoms with van der Waals surface area (Å²) in [7, 11) is 5.94. The zero-order chi connectivity index (χ0) is 18.4. The van der Waals surface area contributed by atoms with E-state index >= 15 is 0 Å². The van der Waals surface area contributed by atoms with E-state index < -0.39 is 5.97 Å². The Bertz CT molecular complexity index is 702. The number of carbonyl (C=O) groups excluding carboxylic acids is 1. The van der Waals surface area contributed by atoms with Crippen molar-refractivity contribution in [3.05, 3.63) is 44.3 Å². The fourth-order valence-corrected chi connectivity index (χ4v) is 4.24. The van der Waals surface area contributed by atoms with Crippen molar-refractivity contribution in [3.63, 3.8) is 0 Å². The van der Waals surface area contributed by atoms with E-state index in [1.165, 1.54) is 16.9 Å². The Morgan fingerprint density at radius 3 is 2.56 bits per heavy atom. The third kappa shape index (κ3) is 6.97. The molecule has 0 fully saturated rings. The molecule has 2 aromatic rings. The van der Waals surface area contributed by atoms with E-state index in [0.717, 1.165) is 17.7 Å². The maximum absolute atomic E-state index is 12.5. The lowest BCUT2D eigenvalue weighted by atomic mass is 10.1. The number of nitrogens with one attached hydrogen (secondary N) is 1. The molecule has 1 atom stereocenters. The molecule has 2 heterocycles. The van der Waals surface area contributed by atoms with Gasteiger partial charge in [0.25, 0.3) is 5.91 Å². The molecule has 136 valence electrons. The lowest BCUT2D eigenvalue weighted by Crippen LogP contribution is -2.49. The molecule has 0 aliphatic carbocycles. The summed E-state index contributed by atoms with van der Waals surface area (Å²) in [5.74, 6) is -1.09. The highest BCUT2D eigenvalue weighted by molar-refractivity contribution is 7.14. The highest BCUT2D eigenvalue weighted by Crippen LogP contribution is 2.19. The molecule has 0 aromatic carbocycles. The molecular formula is C18H25N2O3S2+. The van der Waals surface area contributed by atoms with E-state index in [9.17, 15) is 9.59 Å². The number of nitrogens with zero attached hydrogens (tertiary/aromatic N) is 1. The van der Waals surface area contributed by atoms with Crippen LogP contribution in [0.4, 0.5) is 0 Å². The molecule has 0 aliphatic rings. The van der Waals surface area contributed by atoms with E-state index in [2.05, 4.69) is 22.1 Å². The lowest BCUT2D eigenvalue weighted by molar-refractivity contribution is -0.871. The van der Waals surface area contributed by atoms with Gasteiger partial charge in [-0.3, -0.25) is 9.59 Å². The summed E-state index contributed by atoms with van der Waals surface area (Å²) in [6.07, 6.45) is 1.80. The number of aliphatic carboxylic acids is 1. The maximum Gasteiger partial charge on any atom is 0.305 e. The van der Waals surface area contributed by atoms with Crippen molar-refractivity contribution in [3.8, 4) is 0 Å². The van der Waals surface area contributed by atoms with Crippen molar-refractivity contribution in [2.75, 3.05) is 27.7 Å². The second-order valence-corrected chi connectivity index (χ2v) is 9.09. The number of carboxylic acids is 1. The van der Waals surface area contributed by atoms with Gasteiger partial charge in [0.15, 0.2) is 0 Å². The van der Waals surface area contributed by atoms with Gasteiger partial charge in [0.2, 0.25) is 0 Å². The average molecular weight is 382 g/mol. The van der Waals surface area contributed by atoms with Crippen molar-refractivity contribution < 1.29 is 19.2 Å². The molecular weight excluding hydrogens is 356 g/mol. The number of hydrogen-bond donors (Lipinski definition) is 2. The van der Waals surface area contributed by atoms with E-state index in [1.54, 1.807) is 11.3 Å². The number of hydrogen-bond acceptors (Lipinski definition) is 4. The first-order chi connectivity index (χ1) is 11.7. The van der Waals surface area contributed by atoms with Crippen LogP contribution in [0.3, 0.4) is 0 Å². The minimum atomic E-state index is -0.901. The number of thiophene rings is 2. The minimum Gasteiger partial charge on any atom is -0.481 e. The molecule has 0 bridgehead atoms. The summed E-state index contributed by atoms with van der Waals surface area (Å²) in [6, 6.07) is 5.54. The number of rotatable bonds is 9. The second kappa shape index (κ2) is 8.60. The van der Waals surface area contributed by atoms with Gasteiger partial charge in [0, 0.05) is 4.88 Å². The van der Waals surface area contributed by atoms with Gasteiger partial charge in [-0.2, -0.15) is 11.3 Å². The van der Waals surface area contributed by atoms with Crippen LogP contribution in [0.15, 0.2) is 29.0 Å². The molecule has 25 heavy (non-hydrogen) atoms. The third-order valence-corrected chi connectivity index (χ3v) is 5.53. The SMILES string of the molecule is C[N+](C)(C)CC(CC(=O)O)NC(=O)c1ccc(CCc2ccsc2)s1. The van der Waals surface area contributed by atoms with Crippen molar-refractivity contribution in [2.45, 2.75) is 25.3 Å². The van der Waals surface area contributed by atoms with Gasteiger partial charge < -0.3 is 14.9 Å². The number of amides is 1. The average Bonchev–Trinajstić information content (AvgIpc) is 3.14.